The topological polar surface area (TPSA) is 556 Å². The number of rotatable bonds is 46. The number of fused-ring (bicyclic) bond motifs is 2. The van der Waals surface area contributed by atoms with Crippen molar-refractivity contribution < 1.29 is 72.5 Å². The Bertz CT molecular complexity index is 3700. The lowest BCUT2D eigenvalue weighted by Crippen LogP contribution is -2.60. The first kappa shape index (κ1) is 83.2. The number of amides is 13. The fourth-order valence-electron chi connectivity index (χ4n) is 11.2. The highest BCUT2D eigenvalue weighted by Crippen LogP contribution is 2.22. The quantitative estimate of drug-likeness (QED) is 0.0190. The van der Waals surface area contributed by atoms with E-state index in [4.69, 9.17) is 28.7 Å². The summed E-state index contributed by atoms with van der Waals surface area (Å²) in [6.45, 7) is 5.25. The van der Waals surface area contributed by atoms with Gasteiger partial charge >= 0.3 is 0 Å². The predicted octanol–water partition coefficient (Wildman–Crippen LogP) is -2.58. The molecule has 103 heavy (non-hydrogen) atoms. The molecule has 33 nitrogen and oxygen atoms in total. The van der Waals surface area contributed by atoms with Gasteiger partial charge in [0.1, 0.15) is 60.1 Å². The molecular weight excluding hydrogens is 1330 g/mol. The van der Waals surface area contributed by atoms with Gasteiger partial charge in [0, 0.05) is 59.9 Å². The first-order chi connectivity index (χ1) is 49.2. The van der Waals surface area contributed by atoms with E-state index in [2.05, 4.69) is 68.5 Å². The fourth-order valence-corrected chi connectivity index (χ4v) is 11.2. The number of H-pyrrole nitrogens is 2. The van der Waals surface area contributed by atoms with Gasteiger partial charge in [0.2, 0.25) is 76.8 Å². The van der Waals surface area contributed by atoms with Gasteiger partial charge in [0.15, 0.2) is 0 Å². The van der Waals surface area contributed by atoms with E-state index in [1.54, 1.807) is 74.8 Å². The molecule has 2 aromatic heterocycles. The number of aliphatic hydroxyl groups is 1. The number of aliphatic hydroxyl groups excluding tert-OH is 1. The number of hydrogen-bond donors (Lipinski definition) is 20. The Kier molecular flexibility index (Phi) is 34.5. The Hall–Kier alpha value is -10.5. The van der Waals surface area contributed by atoms with Gasteiger partial charge in [0.05, 0.1) is 26.1 Å². The molecule has 3 aromatic carbocycles. The molecule has 0 aliphatic rings. The maximum atomic E-state index is 14.9. The summed E-state index contributed by atoms with van der Waals surface area (Å²) in [5.74, 6) is -11.6. The molecule has 562 valence electrons. The Morgan fingerprint density at radius 1 is 0.437 bits per heavy atom. The van der Waals surface area contributed by atoms with E-state index >= 15 is 0 Å². The van der Waals surface area contributed by atoms with Crippen molar-refractivity contribution in [3.8, 4) is 5.75 Å². The summed E-state index contributed by atoms with van der Waals surface area (Å²) in [5, 5.41) is 50.3. The van der Waals surface area contributed by atoms with Crippen LogP contribution in [0.5, 0.6) is 5.75 Å². The van der Waals surface area contributed by atoms with Crippen molar-refractivity contribution in [2.75, 3.05) is 39.3 Å². The first-order valence-electron chi connectivity index (χ1n) is 34.6. The second kappa shape index (κ2) is 42.7. The first-order valence-corrected chi connectivity index (χ1v) is 34.6. The van der Waals surface area contributed by atoms with Crippen molar-refractivity contribution in [1.29, 1.82) is 0 Å². The lowest BCUT2D eigenvalue weighted by molar-refractivity contribution is -0.136. The monoisotopic (exact) mass is 1430 g/mol. The zero-order valence-corrected chi connectivity index (χ0v) is 58.7. The van der Waals surface area contributed by atoms with E-state index in [1.807, 2.05) is 13.8 Å². The summed E-state index contributed by atoms with van der Waals surface area (Å²) in [6, 6.07) is 6.88. The molecule has 13 amide bonds. The predicted molar refractivity (Wildman–Crippen MR) is 382 cm³/mol. The molecule has 0 fully saturated rings. The molecule has 0 saturated carbocycles. The lowest BCUT2D eigenvalue weighted by atomic mass is 9.97. The van der Waals surface area contributed by atoms with Gasteiger partial charge in [-0.1, -0.05) is 89.1 Å². The smallest absolute Gasteiger partial charge is 0.245 e. The number of phenolic OH excluding ortho intramolecular Hbond substituents is 1. The van der Waals surface area contributed by atoms with E-state index in [0.29, 0.717) is 51.3 Å². The highest BCUT2D eigenvalue weighted by Gasteiger charge is 2.37. The molecule has 0 bridgehead atoms. The van der Waals surface area contributed by atoms with E-state index in [-0.39, 0.29) is 95.5 Å². The number of carbonyl (C=O) groups excluding carboxylic acids is 13. The Balaban J connectivity index is 1.36. The van der Waals surface area contributed by atoms with E-state index in [0.717, 1.165) is 6.42 Å². The van der Waals surface area contributed by atoms with Gasteiger partial charge < -0.3 is 107 Å². The van der Waals surface area contributed by atoms with Crippen LogP contribution in [0.4, 0.5) is 0 Å². The van der Waals surface area contributed by atoms with Crippen LogP contribution in [-0.2, 0) is 81.6 Å². The SMILES string of the molecule is CCC(C)CCC(=O)N[C@H](CC(N)=O)C(=O)N[C@H](Cc1ccc(O)cc1)C(=O)N[C@H](Cc1c[nH]c2ccccc12)C(=O)N[C@H](CCCN)C(=O)N[C@@H](CCCN)C(=O)NCC(=O)N[C@H](CCCN)C(=O)N[C@@H](Cc1c[nH]c2ccccc12)C(=O)N[C@@H](CO)C(=O)N[C@H](C(=O)NCC(N)=O)[C@@H](C)CC. The minimum atomic E-state index is -1.67. The molecule has 5 rings (SSSR count). The largest absolute Gasteiger partial charge is 0.508 e. The Labute approximate surface area is 596 Å². The molecule has 25 N–H and O–H groups in total. The minimum Gasteiger partial charge on any atom is -0.508 e. The summed E-state index contributed by atoms with van der Waals surface area (Å²) < 4.78 is 0. The van der Waals surface area contributed by atoms with Crippen LogP contribution in [0.3, 0.4) is 0 Å². The van der Waals surface area contributed by atoms with Crippen LogP contribution in [0, 0.1) is 11.8 Å². The molecule has 2 heterocycles. The molecule has 0 aliphatic heterocycles. The van der Waals surface area contributed by atoms with Crippen LogP contribution >= 0.6 is 0 Å². The van der Waals surface area contributed by atoms with Crippen molar-refractivity contribution in [1.82, 2.24) is 68.5 Å². The number of benzene rings is 3. The van der Waals surface area contributed by atoms with Gasteiger partial charge in [-0.05, 0) is 117 Å². The molecule has 0 radical (unpaired) electrons. The van der Waals surface area contributed by atoms with Crippen LogP contribution in [0.2, 0.25) is 0 Å². The van der Waals surface area contributed by atoms with Crippen LogP contribution in [0.15, 0.2) is 85.2 Å². The van der Waals surface area contributed by atoms with Crippen molar-refractivity contribution in [3.05, 3.63) is 102 Å². The molecular formula is C70H102N18O15. The second-order valence-electron chi connectivity index (χ2n) is 25.6. The van der Waals surface area contributed by atoms with Gasteiger partial charge in [0.25, 0.3) is 0 Å². The summed E-state index contributed by atoms with van der Waals surface area (Å²) in [7, 11) is 0. The summed E-state index contributed by atoms with van der Waals surface area (Å²) in [5.41, 5.74) is 31.4. The Morgan fingerprint density at radius 2 is 0.854 bits per heavy atom. The fraction of sp³-hybridized carbons (Fsp3) is 0.500. The zero-order chi connectivity index (χ0) is 75.7. The highest BCUT2D eigenvalue weighted by atomic mass is 16.3. The number of aromatic nitrogens is 2. The van der Waals surface area contributed by atoms with E-state index < -0.39 is 163 Å². The van der Waals surface area contributed by atoms with Crippen molar-refractivity contribution in [2.45, 2.75) is 172 Å². The zero-order valence-electron chi connectivity index (χ0n) is 58.7. The minimum absolute atomic E-state index is 0.0337. The molecule has 0 aliphatic carbocycles. The van der Waals surface area contributed by atoms with Gasteiger partial charge in [-0.15, -0.1) is 0 Å². The third-order valence-electron chi connectivity index (χ3n) is 17.6. The van der Waals surface area contributed by atoms with Crippen molar-refractivity contribution in [3.63, 3.8) is 0 Å². The number of hydrogen-bond acceptors (Lipinski definition) is 18. The van der Waals surface area contributed by atoms with Crippen LogP contribution < -0.4 is 87.2 Å². The van der Waals surface area contributed by atoms with Crippen LogP contribution in [0.1, 0.15) is 115 Å². The third kappa shape index (κ3) is 27.1. The maximum Gasteiger partial charge on any atom is 0.245 e. The third-order valence-corrected chi connectivity index (χ3v) is 17.6. The molecule has 0 spiro atoms. The standard InChI is InChI=1S/C70H102N18O15/c1-5-39(3)21-26-59(93)81-55(33-57(74)91)68(101)84-52(30-41-22-24-44(90)25-23-41)65(98)86-53(31-42-34-76-47-16-9-7-14-45(42)47)66(99)83-51(20-13-29-73)64(97)82-49(18-11-27-71)62(95)79-37-60(94)80-50(19-12-28-72)63(96)85-54(32-43-35-77-48-17-10-8-15-46(43)48)67(100)87-56(38-89)69(102)88-61(40(4)6-2)70(103)78-36-58(75)92/h7-10,14-17,22-25,34-35,39-40,49-56,61,76-77,89-90H,5-6,11-13,18-21,26-33,36-38,71-73H2,1-4H3,(H2,74,91)(H2,75,92)(H,78,103)(H,79,95)(H,80,94)(H,81,93)(H,82,97)(H,83,99)(H,84,101)(H,85,96)(H,86,98)(H,87,100)(H,88,102)/t39?,40-,49-,50+,51+,52+,53+,54-,55+,56-,61-/m0/s1. The van der Waals surface area contributed by atoms with Gasteiger partial charge in [-0.3, -0.25) is 62.3 Å². The van der Waals surface area contributed by atoms with Crippen LogP contribution in [0.25, 0.3) is 21.8 Å². The number of aromatic hydroxyl groups is 1. The molecule has 1 unspecified atom stereocenters. The number of primary amides is 2. The molecule has 0 saturated heterocycles. The highest BCUT2D eigenvalue weighted by molar-refractivity contribution is 6.00. The summed E-state index contributed by atoms with van der Waals surface area (Å²) in [6.07, 6.45) is 3.99. The van der Waals surface area contributed by atoms with Crippen molar-refractivity contribution in [2.24, 2.45) is 40.5 Å². The molecule has 33 heteroatoms. The molecule has 11 atom stereocenters. The number of nitrogens with one attached hydrogen (secondary N) is 13. The number of nitrogens with two attached hydrogens (primary N) is 5. The average Bonchev–Trinajstić information content (AvgIpc) is 1.73. The van der Waals surface area contributed by atoms with Crippen molar-refractivity contribution >= 4 is 98.6 Å². The summed E-state index contributed by atoms with van der Waals surface area (Å²) >= 11 is 0. The average molecular weight is 1440 g/mol. The number of carbonyl (C=O) groups is 13. The normalized spacial score (nSPS) is 14.4. The van der Waals surface area contributed by atoms with Gasteiger partial charge in [-0.25, -0.2) is 0 Å². The number of para-hydroxylation sites is 2. The Morgan fingerprint density at radius 3 is 1.32 bits per heavy atom. The van der Waals surface area contributed by atoms with E-state index in [9.17, 15) is 72.5 Å². The number of phenols is 1. The second-order valence-corrected chi connectivity index (χ2v) is 25.6. The van der Waals surface area contributed by atoms with E-state index in [1.165, 1.54) is 24.3 Å². The van der Waals surface area contributed by atoms with Crippen LogP contribution in [-0.4, -0.2) is 191 Å². The lowest BCUT2D eigenvalue weighted by Gasteiger charge is -2.27. The number of aromatic amines is 2. The van der Waals surface area contributed by atoms with Gasteiger partial charge in [-0.2, -0.15) is 0 Å². The molecule has 5 aromatic rings. The summed E-state index contributed by atoms with van der Waals surface area (Å²) in [4.78, 5) is 185. The maximum absolute atomic E-state index is 14.9.